The average Bonchev–Trinajstić information content (AvgIpc) is 3.41. The maximum absolute atomic E-state index is 14.2. The number of halogens is 1. The van der Waals surface area contributed by atoms with Crippen molar-refractivity contribution in [2.75, 3.05) is 5.32 Å². The van der Waals surface area contributed by atoms with Crippen molar-refractivity contribution in [3.8, 4) is 0 Å². The number of benzene rings is 1. The molecule has 0 bridgehead atoms. The van der Waals surface area contributed by atoms with E-state index in [-0.39, 0.29) is 36.3 Å². The van der Waals surface area contributed by atoms with Crippen molar-refractivity contribution in [1.29, 1.82) is 0 Å². The number of carbonyl (C=O) groups is 3. The Kier molecular flexibility index (Phi) is 5.86. The molecule has 1 aromatic carbocycles. The first-order valence-corrected chi connectivity index (χ1v) is 12.5. The topological polar surface area (TPSA) is 83.4 Å². The van der Waals surface area contributed by atoms with E-state index in [0.29, 0.717) is 22.3 Å². The molecule has 2 aromatic rings. The molecule has 3 amide bonds. The van der Waals surface area contributed by atoms with Gasteiger partial charge in [-0.25, -0.2) is 4.39 Å². The maximum atomic E-state index is 14.2. The third kappa shape index (κ3) is 3.77. The standard InChI is InChI=1S/C26H33FN4O3/c1-16(32)28-22-20-14-17(27)12-13-21(20)30-15-26(2,25(34)29-18-8-4-3-5-9-18)31(24(33)23(22)30)19-10-6-7-11-19/h12-14,18-19H,3-11,15H2,1-2H3,(H,28,32)(H,29,34)/t26-/m0/s1. The molecule has 5 rings (SSSR count). The Bertz CT molecular complexity index is 1150. The first-order valence-electron chi connectivity index (χ1n) is 12.5. The molecule has 3 aliphatic rings. The summed E-state index contributed by atoms with van der Waals surface area (Å²) in [7, 11) is 0. The predicted octanol–water partition coefficient (Wildman–Crippen LogP) is 4.34. The molecule has 2 aliphatic carbocycles. The number of anilines is 1. The molecule has 1 aliphatic heterocycles. The van der Waals surface area contributed by atoms with Crippen LogP contribution in [0, 0.1) is 5.82 Å². The van der Waals surface area contributed by atoms with Crippen LogP contribution in [0.15, 0.2) is 18.2 Å². The zero-order valence-electron chi connectivity index (χ0n) is 20.0. The fraction of sp³-hybridized carbons (Fsp3) is 0.577. The first kappa shape index (κ1) is 22.9. The summed E-state index contributed by atoms with van der Waals surface area (Å²) in [6.45, 7) is 3.49. The van der Waals surface area contributed by atoms with E-state index in [2.05, 4.69) is 10.6 Å². The second-order valence-electron chi connectivity index (χ2n) is 10.3. The average molecular weight is 469 g/mol. The highest BCUT2D eigenvalue weighted by Gasteiger charge is 2.52. The van der Waals surface area contributed by atoms with E-state index in [1.54, 1.807) is 15.5 Å². The van der Waals surface area contributed by atoms with Gasteiger partial charge in [-0.1, -0.05) is 32.1 Å². The number of amides is 3. The van der Waals surface area contributed by atoms with Gasteiger partial charge >= 0.3 is 0 Å². The Morgan fingerprint density at radius 2 is 1.74 bits per heavy atom. The number of rotatable bonds is 4. The van der Waals surface area contributed by atoms with Gasteiger partial charge in [-0.2, -0.15) is 0 Å². The normalized spacial score (nSPS) is 23.9. The largest absolute Gasteiger partial charge is 0.351 e. The number of fused-ring (bicyclic) bond motifs is 3. The molecule has 0 unspecified atom stereocenters. The minimum absolute atomic E-state index is 0.0386. The Morgan fingerprint density at radius 3 is 2.41 bits per heavy atom. The molecule has 0 radical (unpaired) electrons. The van der Waals surface area contributed by atoms with Gasteiger partial charge in [-0.3, -0.25) is 14.4 Å². The van der Waals surface area contributed by atoms with Crippen LogP contribution in [0.3, 0.4) is 0 Å². The van der Waals surface area contributed by atoms with Gasteiger partial charge in [-0.15, -0.1) is 0 Å². The van der Waals surface area contributed by atoms with Gasteiger partial charge in [0.1, 0.15) is 17.1 Å². The number of hydrogen-bond donors (Lipinski definition) is 2. The van der Waals surface area contributed by atoms with E-state index in [1.807, 2.05) is 6.92 Å². The van der Waals surface area contributed by atoms with Crippen LogP contribution in [-0.2, 0) is 16.1 Å². The van der Waals surface area contributed by atoms with Gasteiger partial charge in [-0.05, 0) is 50.8 Å². The second kappa shape index (κ2) is 8.71. The lowest BCUT2D eigenvalue weighted by molar-refractivity contribution is -0.135. The highest BCUT2D eigenvalue weighted by Crippen LogP contribution is 2.42. The third-order valence-corrected chi connectivity index (χ3v) is 7.86. The summed E-state index contributed by atoms with van der Waals surface area (Å²) in [5.74, 6) is -1.18. The van der Waals surface area contributed by atoms with Crippen molar-refractivity contribution in [2.24, 2.45) is 0 Å². The summed E-state index contributed by atoms with van der Waals surface area (Å²) in [4.78, 5) is 41.8. The van der Waals surface area contributed by atoms with Gasteiger partial charge < -0.3 is 20.1 Å². The van der Waals surface area contributed by atoms with E-state index in [1.165, 1.54) is 25.5 Å². The van der Waals surface area contributed by atoms with E-state index in [4.69, 9.17) is 0 Å². The number of nitrogens with zero attached hydrogens (tertiary/aromatic N) is 2. The summed E-state index contributed by atoms with van der Waals surface area (Å²) in [6.07, 6.45) is 9.05. The van der Waals surface area contributed by atoms with Gasteiger partial charge in [0.2, 0.25) is 11.8 Å². The summed E-state index contributed by atoms with van der Waals surface area (Å²) in [5.41, 5.74) is 0.205. The minimum atomic E-state index is -1.08. The number of aromatic nitrogens is 1. The van der Waals surface area contributed by atoms with Crippen molar-refractivity contribution in [1.82, 2.24) is 14.8 Å². The Morgan fingerprint density at radius 1 is 1.06 bits per heavy atom. The van der Waals surface area contributed by atoms with Crippen molar-refractivity contribution in [3.63, 3.8) is 0 Å². The molecule has 2 N–H and O–H groups in total. The highest BCUT2D eigenvalue weighted by atomic mass is 19.1. The fourth-order valence-electron chi connectivity index (χ4n) is 6.24. The second-order valence-corrected chi connectivity index (χ2v) is 10.3. The van der Waals surface area contributed by atoms with Gasteiger partial charge in [0.05, 0.1) is 17.7 Å². The van der Waals surface area contributed by atoms with Crippen LogP contribution in [0.4, 0.5) is 10.1 Å². The molecule has 0 saturated heterocycles. The summed E-state index contributed by atoms with van der Waals surface area (Å²) < 4.78 is 16.0. The zero-order chi connectivity index (χ0) is 24.0. The molecule has 1 aromatic heterocycles. The smallest absolute Gasteiger partial charge is 0.273 e. The van der Waals surface area contributed by atoms with Crippen LogP contribution >= 0.6 is 0 Å². The number of nitrogens with one attached hydrogen (secondary N) is 2. The molecule has 182 valence electrons. The summed E-state index contributed by atoms with van der Waals surface area (Å²) in [5, 5.41) is 6.50. The molecule has 8 heteroatoms. The predicted molar refractivity (Wildman–Crippen MR) is 128 cm³/mol. The molecule has 7 nitrogen and oxygen atoms in total. The monoisotopic (exact) mass is 468 g/mol. The molecule has 34 heavy (non-hydrogen) atoms. The summed E-state index contributed by atoms with van der Waals surface area (Å²) >= 11 is 0. The Balaban J connectivity index is 1.63. The molecular formula is C26H33FN4O3. The molecule has 2 saturated carbocycles. The molecular weight excluding hydrogens is 435 g/mol. The van der Waals surface area contributed by atoms with Crippen molar-refractivity contribution in [3.05, 3.63) is 29.7 Å². The minimum Gasteiger partial charge on any atom is -0.351 e. The van der Waals surface area contributed by atoms with E-state index >= 15 is 0 Å². The van der Waals surface area contributed by atoms with Crippen LogP contribution < -0.4 is 10.6 Å². The van der Waals surface area contributed by atoms with Crippen LogP contribution in [0.2, 0.25) is 0 Å². The number of carbonyl (C=O) groups excluding carboxylic acids is 3. The van der Waals surface area contributed by atoms with E-state index in [0.717, 1.165) is 51.4 Å². The quantitative estimate of drug-likeness (QED) is 0.700. The Labute approximate surface area is 199 Å². The highest BCUT2D eigenvalue weighted by molar-refractivity contribution is 6.14. The summed E-state index contributed by atoms with van der Waals surface area (Å²) in [6, 6.07) is 4.41. The van der Waals surface area contributed by atoms with E-state index in [9.17, 15) is 18.8 Å². The van der Waals surface area contributed by atoms with Crippen molar-refractivity contribution >= 4 is 34.3 Å². The van der Waals surface area contributed by atoms with Crippen LogP contribution in [0.1, 0.15) is 82.1 Å². The maximum Gasteiger partial charge on any atom is 0.273 e. The van der Waals surface area contributed by atoms with E-state index < -0.39 is 11.4 Å². The van der Waals surface area contributed by atoms with Gasteiger partial charge in [0.15, 0.2) is 0 Å². The van der Waals surface area contributed by atoms with Gasteiger partial charge in [0.25, 0.3) is 5.91 Å². The van der Waals surface area contributed by atoms with Crippen molar-refractivity contribution in [2.45, 2.75) is 95.8 Å². The molecule has 2 heterocycles. The lowest BCUT2D eigenvalue weighted by atomic mass is 9.89. The molecule has 0 spiro atoms. The SMILES string of the molecule is CC(=O)Nc1c2n(c3ccc(F)cc13)C[C@@](C)(C(=O)NC1CCCCC1)N(C1CCCC1)C2=O. The van der Waals surface area contributed by atoms with Gasteiger partial charge in [0, 0.05) is 24.4 Å². The Hall–Kier alpha value is -2.90. The van der Waals surface area contributed by atoms with Crippen LogP contribution in [-0.4, -0.2) is 44.8 Å². The fourth-order valence-corrected chi connectivity index (χ4v) is 6.24. The molecule has 1 atom stereocenters. The first-order chi connectivity index (χ1) is 16.3. The van der Waals surface area contributed by atoms with Crippen LogP contribution in [0.5, 0.6) is 0 Å². The van der Waals surface area contributed by atoms with Crippen molar-refractivity contribution < 1.29 is 18.8 Å². The molecule has 2 fully saturated rings. The number of hydrogen-bond acceptors (Lipinski definition) is 3. The zero-order valence-corrected chi connectivity index (χ0v) is 20.0. The lowest BCUT2D eigenvalue weighted by Crippen LogP contribution is -2.67. The lowest BCUT2D eigenvalue weighted by Gasteiger charge is -2.48. The van der Waals surface area contributed by atoms with Crippen LogP contribution in [0.25, 0.3) is 10.9 Å². The third-order valence-electron chi connectivity index (χ3n) is 7.86.